The molecule has 1 saturated heterocycles. The number of hydrogen-bond donors (Lipinski definition) is 2. The molecule has 34 heavy (non-hydrogen) atoms. The van der Waals surface area contributed by atoms with Gasteiger partial charge in [-0.2, -0.15) is 0 Å². The van der Waals surface area contributed by atoms with Crippen molar-refractivity contribution in [1.82, 2.24) is 19.5 Å². The van der Waals surface area contributed by atoms with Crippen molar-refractivity contribution in [2.75, 3.05) is 12.3 Å². The lowest BCUT2D eigenvalue weighted by Gasteiger charge is -2.31. The minimum Gasteiger partial charge on any atom is -0.430 e. The SMILES string of the molecule is [B]C1([B])[C@H](n2cnc3c(N)nc(C)nc32)O[C@](C#C)(COC(=O)OCc2oc(=O)oc2C)[C@H]1O. The predicted molar refractivity (Wildman–Crippen MR) is 114 cm³/mol. The van der Waals surface area contributed by atoms with Crippen LogP contribution in [0.4, 0.5) is 10.6 Å². The van der Waals surface area contributed by atoms with Gasteiger partial charge in [-0.1, -0.05) is 5.92 Å². The minimum atomic E-state index is -1.96. The van der Waals surface area contributed by atoms with Gasteiger partial charge in [0.15, 0.2) is 35.2 Å². The molecule has 0 unspecified atom stereocenters. The molecule has 172 valence electrons. The van der Waals surface area contributed by atoms with E-state index in [2.05, 4.69) is 25.3 Å². The smallest absolute Gasteiger partial charge is 0.430 e. The van der Waals surface area contributed by atoms with Crippen LogP contribution in [0.25, 0.3) is 11.2 Å². The molecule has 3 aromatic rings. The molecule has 0 bridgehead atoms. The molecule has 4 rings (SSSR count). The number of nitrogens with two attached hydrogens (primary N) is 1. The second-order valence-electron chi connectivity index (χ2n) is 7.65. The van der Waals surface area contributed by atoms with Crippen LogP contribution in [0.15, 0.2) is 20.0 Å². The number of aliphatic hydroxyl groups is 1. The maximum atomic E-state index is 12.1. The van der Waals surface area contributed by atoms with Crippen LogP contribution >= 0.6 is 0 Å². The Bertz CT molecular complexity index is 1360. The van der Waals surface area contributed by atoms with E-state index in [9.17, 15) is 14.7 Å². The minimum absolute atomic E-state index is 0.00250. The zero-order valence-electron chi connectivity index (χ0n) is 18.0. The Morgan fingerprint density at radius 1 is 1.35 bits per heavy atom. The third kappa shape index (κ3) is 3.80. The molecule has 0 aromatic carbocycles. The molecule has 4 heterocycles. The molecule has 0 amide bonds. The summed E-state index contributed by atoms with van der Waals surface area (Å²) in [5.41, 5.74) is 4.45. The number of nitrogen functional groups attached to an aromatic ring is 1. The molecule has 13 nitrogen and oxygen atoms in total. The summed E-state index contributed by atoms with van der Waals surface area (Å²) in [6.45, 7) is 1.96. The van der Waals surface area contributed by atoms with Gasteiger partial charge in [0.05, 0.1) is 28.1 Å². The number of aliphatic hydroxyl groups excluding tert-OH is 1. The van der Waals surface area contributed by atoms with Gasteiger partial charge in [-0.05, 0) is 19.1 Å². The molecule has 1 fully saturated rings. The highest BCUT2D eigenvalue weighted by molar-refractivity contribution is 6.41. The summed E-state index contributed by atoms with van der Waals surface area (Å²) in [5, 5.41) is 8.91. The summed E-state index contributed by atoms with van der Waals surface area (Å²) < 4.78 is 26.5. The van der Waals surface area contributed by atoms with Crippen molar-refractivity contribution in [2.45, 2.75) is 43.6 Å². The Kier molecular flexibility index (Phi) is 5.66. The van der Waals surface area contributed by atoms with Gasteiger partial charge in [-0.25, -0.2) is 24.5 Å². The van der Waals surface area contributed by atoms with Gasteiger partial charge in [0.25, 0.3) is 0 Å². The predicted octanol–water partition coefficient (Wildman–Crippen LogP) is -0.360. The van der Waals surface area contributed by atoms with Gasteiger partial charge >= 0.3 is 12.0 Å². The summed E-state index contributed by atoms with van der Waals surface area (Å²) >= 11 is 0. The fraction of sp³-hybridized carbons (Fsp3) is 0.421. The highest BCUT2D eigenvalue weighted by Gasteiger charge is 2.59. The number of hydrogen-bond acceptors (Lipinski definition) is 12. The zero-order chi connectivity index (χ0) is 24.8. The highest BCUT2D eigenvalue weighted by atomic mass is 16.7. The van der Waals surface area contributed by atoms with E-state index in [0.717, 1.165) is 0 Å². The van der Waals surface area contributed by atoms with Crippen LogP contribution in [-0.2, 0) is 20.8 Å². The summed E-state index contributed by atoms with van der Waals surface area (Å²) in [4.78, 5) is 35.6. The number of carbonyl (C=O) groups is 1. The molecule has 0 spiro atoms. The summed E-state index contributed by atoms with van der Waals surface area (Å²) in [5.74, 6) is 1.92. The quantitative estimate of drug-likeness (QED) is 0.285. The van der Waals surface area contributed by atoms with Crippen molar-refractivity contribution in [3.8, 4) is 12.3 Å². The number of nitrogens with zero attached hydrogens (tertiary/aromatic N) is 4. The second-order valence-corrected chi connectivity index (χ2v) is 7.65. The van der Waals surface area contributed by atoms with Crippen molar-refractivity contribution in [1.29, 1.82) is 0 Å². The fourth-order valence-electron chi connectivity index (χ4n) is 3.53. The van der Waals surface area contributed by atoms with Crippen LogP contribution in [-0.4, -0.2) is 64.8 Å². The van der Waals surface area contributed by atoms with Crippen LogP contribution in [0.5, 0.6) is 0 Å². The zero-order valence-corrected chi connectivity index (χ0v) is 18.0. The third-order valence-corrected chi connectivity index (χ3v) is 5.28. The molecule has 3 atom stereocenters. The Balaban J connectivity index is 1.54. The van der Waals surface area contributed by atoms with Crippen molar-refractivity contribution in [2.24, 2.45) is 0 Å². The molecule has 3 aromatic heterocycles. The molecule has 15 heteroatoms. The number of rotatable bonds is 5. The first-order valence-corrected chi connectivity index (χ1v) is 9.75. The molecule has 0 saturated carbocycles. The Morgan fingerprint density at radius 3 is 2.74 bits per heavy atom. The van der Waals surface area contributed by atoms with Gasteiger partial charge in [-0.3, -0.25) is 4.57 Å². The van der Waals surface area contributed by atoms with E-state index in [-0.39, 0.29) is 28.5 Å². The van der Waals surface area contributed by atoms with Crippen molar-refractivity contribution in [3.63, 3.8) is 0 Å². The van der Waals surface area contributed by atoms with E-state index >= 15 is 0 Å². The Hall–Kier alpha value is -3.76. The van der Waals surface area contributed by atoms with Gasteiger partial charge in [0.1, 0.15) is 24.2 Å². The summed E-state index contributed by atoms with van der Waals surface area (Å²) in [7, 11) is 12.4. The first-order chi connectivity index (χ1) is 16.0. The first-order valence-electron chi connectivity index (χ1n) is 9.75. The lowest BCUT2D eigenvalue weighted by molar-refractivity contribution is -0.0988. The van der Waals surface area contributed by atoms with Crippen molar-refractivity contribution >= 4 is 38.8 Å². The van der Waals surface area contributed by atoms with Crippen LogP contribution in [0.1, 0.15) is 23.6 Å². The van der Waals surface area contributed by atoms with E-state index in [1.807, 2.05) is 0 Å². The largest absolute Gasteiger partial charge is 0.519 e. The maximum absolute atomic E-state index is 12.1. The van der Waals surface area contributed by atoms with Crippen LogP contribution in [0.2, 0.25) is 5.21 Å². The highest BCUT2D eigenvalue weighted by Crippen LogP contribution is 2.52. The third-order valence-electron chi connectivity index (χ3n) is 5.28. The molecule has 0 aliphatic carbocycles. The fourth-order valence-corrected chi connectivity index (χ4v) is 3.53. The van der Waals surface area contributed by atoms with Gasteiger partial charge < -0.3 is 33.9 Å². The van der Waals surface area contributed by atoms with Gasteiger partial charge in [0, 0.05) is 0 Å². The molecule has 4 radical (unpaired) electrons. The van der Waals surface area contributed by atoms with Crippen LogP contribution in [0, 0.1) is 26.2 Å². The first kappa shape index (κ1) is 23.4. The van der Waals surface area contributed by atoms with Crippen molar-refractivity contribution in [3.05, 3.63) is 34.3 Å². The second kappa shape index (κ2) is 8.23. The number of ether oxygens (including phenoxy) is 3. The average molecular weight is 465 g/mol. The maximum Gasteiger partial charge on any atom is 0.519 e. The number of imidazole rings is 1. The average Bonchev–Trinajstić information content (AvgIpc) is 3.39. The van der Waals surface area contributed by atoms with Gasteiger partial charge in [0.2, 0.25) is 0 Å². The van der Waals surface area contributed by atoms with E-state index < -0.39 is 48.3 Å². The van der Waals surface area contributed by atoms with Crippen LogP contribution in [0.3, 0.4) is 0 Å². The number of anilines is 1. The summed E-state index contributed by atoms with van der Waals surface area (Å²) in [6, 6.07) is 0. The topological polar surface area (TPSA) is 178 Å². The molecular weight excluding hydrogens is 448 g/mol. The number of aryl methyl sites for hydroxylation is 2. The molecular formula is C19H17B2N5O8. The Labute approximate surface area is 194 Å². The molecule has 1 aliphatic heterocycles. The molecule has 1 aliphatic rings. The molecule has 3 N–H and O–H groups in total. The number of carbonyl (C=O) groups excluding carboxylic acids is 1. The lowest BCUT2D eigenvalue weighted by atomic mass is 9.49. The van der Waals surface area contributed by atoms with Crippen molar-refractivity contribution < 1.29 is 32.9 Å². The number of aromatic nitrogens is 4. The number of fused-ring (bicyclic) bond motifs is 1. The Morgan fingerprint density at radius 2 is 2.09 bits per heavy atom. The summed E-state index contributed by atoms with van der Waals surface area (Å²) in [6.07, 6.45) is 2.76. The van der Waals surface area contributed by atoms with E-state index in [0.29, 0.717) is 5.82 Å². The number of terminal acetylenes is 1. The van der Waals surface area contributed by atoms with Gasteiger partial charge in [-0.15, -0.1) is 6.42 Å². The van der Waals surface area contributed by atoms with Crippen LogP contribution < -0.4 is 11.6 Å². The monoisotopic (exact) mass is 465 g/mol. The standard InChI is InChI=1S/C19H17B2N5O8/c1-4-18(6-31-16(28)30-5-10-8(2)32-17(29)33-10)14(27)19(20,21)15(34-18)26-7-23-11-12(22)24-9(3)25-13(11)26/h1,7,14-15,27H,5-6H2,2-3H3,(H2,22,24,25)/t14-,15-,18-/m1/s1. The lowest BCUT2D eigenvalue weighted by Crippen LogP contribution is -2.47. The van der Waals surface area contributed by atoms with E-state index in [4.69, 9.17) is 46.5 Å². The van der Waals surface area contributed by atoms with E-state index in [1.165, 1.54) is 17.8 Å². The normalized spacial score (nSPS) is 23.6. The van der Waals surface area contributed by atoms with E-state index in [1.54, 1.807) is 6.92 Å².